The van der Waals surface area contributed by atoms with Crippen LogP contribution in [0.3, 0.4) is 0 Å². The minimum atomic E-state index is -0.792. The molecule has 3 aliphatic rings. The number of piperidine rings is 1. The molecular formula is C106H102Cl8F4N20O8. The summed E-state index contributed by atoms with van der Waals surface area (Å²) in [4.78, 5) is 124. The fourth-order valence-electron chi connectivity index (χ4n) is 15.6. The summed E-state index contributed by atoms with van der Waals surface area (Å²) in [5.41, 5.74) is 5.95. The van der Waals surface area contributed by atoms with Crippen molar-refractivity contribution in [1.82, 2.24) is 19.6 Å². The quantitative estimate of drug-likeness (QED) is 0.0152. The Morgan fingerprint density at radius 2 is 0.534 bits per heavy atom. The summed E-state index contributed by atoms with van der Waals surface area (Å²) >= 11 is 48.8. The summed E-state index contributed by atoms with van der Waals surface area (Å²) in [5.74, 6) is -6.73. The molecule has 146 heavy (non-hydrogen) atoms. The van der Waals surface area contributed by atoms with E-state index in [4.69, 9.17) is 109 Å². The lowest BCUT2D eigenvalue weighted by Gasteiger charge is -2.29. The highest BCUT2D eigenvalue weighted by Gasteiger charge is 2.31. The summed E-state index contributed by atoms with van der Waals surface area (Å²) in [6.07, 6.45) is 5.10. The number of hydrogen-bond acceptors (Lipinski definition) is 17. The van der Waals surface area contributed by atoms with Gasteiger partial charge >= 0.3 is 0 Å². The Hall–Kier alpha value is -14.5. The number of amidine groups is 4. The largest absolute Gasteiger partial charge is 0.376 e. The second-order valence-electron chi connectivity index (χ2n) is 34.7. The van der Waals surface area contributed by atoms with Gasteiger partial charge in [0.2, 0.25) is 0 Å². The van der Waals surface area contributed by atoms with Crippen LogP contribution in [0.25, 0.3) is 0 Å². The van der Waals surface area contributed by atoms with Gasteiger partial charge in [0.05, 0.1) is 96.6 Å². The molecule has 0 saturated carbocycles. The zero-order valence-electron chi connectivity index (χ0n) is 80.9. The van der Waals surface area contributed by atoms with Crippen molar-refractivity contribution in [2.45, 2.75) is 32.1 Å². The zero-order chi connectivity index (χ0) is 106. The maximum atomic E-state index is 15.1. The molecule has 12 aromatic rings. The number of likely N-dealkylation sites (N-methyl/N-ethyl adjacent to an activating group) is 1. The Morgan fingerprint density at radius 1 is 0.288 bits per heavy atom. The lowest BCUT2D eigenvalue weighted by Crippen LogP contribution is -2.35. The molecule has 758 valence electrons. The molecule has 8 amide bonds. The summed E-state index contributed by atoms with van der Waals surface area (Å²) in [6, 6.07) is 54.9. The Labute approximate surface area is 881 Å². The molecule has 2 fully saturated rings. The average Bonchev–Trinajstić information content (AvgIpc) is 0.975. The number of benzene rings is 12. The molecule has 3 aliphatic heterocycles. The van der Waals surface area contributed by atoms with Crippen LogP contribution >= 0.6 is 92.8 Å². The van der Waals surface area contributed by atoms with Crippen molar-refractivity contribution in [2.24, 2.45) is 4.99 Å². The number of rotatable bonds is 24. The molecule has 0 unspecified atom stereocenters. The van der Waals surface area contributed by atoms with Crippen molar-refractivity contribution in [3.8, 4) is 0 Å². The maximum absolute atomic E-state index is 15.1. The van der Waals surface area contributed by atoms with Gasteiger partial charge in [-0.3, -0.25) is 59.6 Å². The van der Waals surface area contributed by atoms with Crippen LogP contribution in [-0.2, 0) is 0 Å². The third-order valence-corrected chi connectivity index (χ3v) is 25.0. The predicted molar refractivity (Wildman–Crippen MR) is 583 cm³/mol. The molecule has 12 aromatic carbocycles. The van der Waals surface area contributed by atoms with Crippen LogP contribution in [-0.4, -0.2) is 207 Å². The van der Waals surface area contributed by atoms with Crippen molar-refractivity contribution >= 4 is 232 Å². The number of anilines is 12. The van der Waals surface area contributed by atoms with Gasteiger partial charge in [-0.1, -0.05) is 117 Å². The highest BCUT2D eigenvalue weighted by atomic mass is 35.5. The van der Waals surface area contributed by atoms with Crippen LogP contribution in [0, 0.1) is 39.5 Å². The first-order chi connectivity index (χ1) is 69.4. The van der Waals surface area contributed by atoms with E-state index in [-0.39, 0.29) is 89.8 Å². The van der Waals surface area contributed by atoms with E-state index in [1.54, 1.807) is 230 Å². The van der Waals surface area contributed by atoms with Crippen molar-refractivity contribution in [3.05, 3.63) is 349 Å². The number of nitrogens with one attached hydrogen (secondary N) is 11. The second-order valence-corrected chi connectivity index (χ2v) is 38.2. The monoisotopic (exact) mass is 2140 g/mol. The topological polar surface area (TPSA) is 343 Å². The van der Waals surface area contributed by atoms with Crippen LogP contribution in [0.15, 0.2) is 223 Å². The molecule has 3 heterocycles. The molecule has 15 rings (SSSR count). The fourth-order valence-corrected chi connectivity index (χ4v) is 16.9. The summed E-state index contributed by atoms with van der Waals surface area (Å²) in [5, 5.41) is 49.9. The van der Waals surface area contributed by atoms with E-state index in [0.29, 0.717) is 115 Å². The number of carbonyl (C=O) groups excluding carboxylic acids is 8. The standard InChI is InChI=1S/C28H28Cl2FN5O2.C27H26Cl2FN5O2.C26H24Cl2FN5O2.C25H24Cl2FN5O2/c1-35(2)24-16-19(30)15-22(28(38)33-20-9-7-18(29)8-10-20)25(24)34-27(37)21-11-6-17(14-23(21)31)26(32)36-12-4-3-5-13-36;1-34(2)23-15-18(29)14-21(27(37)32-19-8-6-17(28)7-9-19)24(23)33-26(36)20-10-5-16(13-22(20)30)25(31)35-11-3-4-12-35;1-33(2)22-14-17(28)13-20(26(36)31-18-7-5-16(27)6-8-18)23(22)32-25(35)19-9-4-15(12-21(19)29)24-30-10-11-34(24)3;1-32(2)21-13-16(27)12-19(25(35)30-17-8-6-15(26)7-9-17)22(21)31-24(34)18-10-5-14(11-20(18)28)23(29)33(3)4/h6-11,14-16,32H,3-5,12-13H2,1-2H3,(H,33,38)(H,34,37);5-10,13-15,31H,3-4,11-12H2,1-2H3,(H,32,37)(H,33,36);4-9,12-14H,10-11H2,1-3H3,(H,31,36)(H,32,35);5-13,29H,1-4H3,(H,30,35)(H,31,34). The van der Waals surface area contributed by atoms with Crippen LogP contribution in [0.5, 0.6) is 0 Å². The third kappa shape index (κ3) is 28.4. The summed E-state index contributed by atoms with van der Waals surface area (Å²) < 4.78 is 60.1. The van der Waals surface area contributed by atoms with E-state index < -0.39 is 70.5 Å². The minimum absolute atomic E-state index is 0.0934. The van der Waals surface area contributed by atoms with E-state index >= 15 is 13.2 Å². The first-order valence-electron chi connectivity index (χ1n) is 45.3. The van der Waals surface area contributed by atoms with Gasteiger partial charge in [0, 0.05) is 195 Å². The van der Waals surface area contributed by atoms with Crippen LogP contribution in [0.4, 0.5) is 85.8 Å². The number of halogens is 12. The Morgan fingerprint density at radius 3 is 0.781 bits per heavy atom. The molecule has 0 spiro atoms. The highest BCUT2D eigenvalue weighted by Crippen LogP contribution is 2.40. The average molecular weight is 2140 g/mol. The van der Waals surface area contributed by atoms with E-state index in [2.05, 4.69) is 47.5 Å². The Kier molecular flexibility index (Phi) is 37.7. The molecule has 0 bridgehead atoms. The molecule has 0 aromatic heterocycles. The molecule has 0 radical (unpaired) electrons. The Balaban J connectivity index is 0.000000173. The smallest absolute Gasteiger partial charge is 0.258 e. The summed E-state index contributed by atoms with van der Waals surface area (Å²) in [7, 11) is 19.1. The third-order valence-electron chi connectivity index (χ3n) is 23.1. The van der Waals surface area contributed by atoms with E-state index in [9.17, 15) is 42.7 Å². The van der Waals surface area contributed by atoms with Gasteiger partial charge in [0.15, 0.2) is 0 Å². The SMILES string of the molecule is CN(C)C(=N)c1ccc(C(=O)Nc2c(C(=O)Nc3ccc(Cl)cc3)cc(Cl)cc2N(C)C)c(F)c1.CN(C)c1cc(Cl)cc(C(=O)Nc2ccc(Cl)cc2)c1NC(=O)c1ccc(C(=N)N2CCCC2)cc1F.CN(C)c1cc(Cl)cc(C(=O)Nc2ccc(Cl)cc2)c1NC(=O)c1ccc(C(=N)N2CCCCC2)cc1F.CN1CCN=C1c1ccc(C(=O)Nc2c(C(=O)Nc3ccc(Cl)cc3)cc(Cl)cc2N(C)C)c(F)c1. The van der Waals surface area contributed by atoms with Gasteiger partial charge in [0.25, 0.3) is 47.3 Å². The predicted octanol–water partition coefficient (Wildman–Crippen LogP) is 23.6. The van der Waals surface area contributed by atoms with Crippen LogP contribution in [0.1, 0.15) is 137 Å². The Bertz CT molecular complexity index is 7040. The van der Waals surface area contributed by atoms with Crippen LogP contribution < -0.4 is 62.1 Å². The highest BCUT2D eigenvalue weighted by molar-refractivity contribution is 6.35. The second kappa shape index (κ2) is 49.9. The molecular weight excluding hydrogens is 2040 g/mol. The van der Waals surface area contributed by atoms with Crippen molar-refractivity contribution in [3.63, 3.8) is 0 Å². The molecule has 2 saturated heterocycles. The number of carbonyl (C=O) groups is 8. The van der Waals surface area contributed by atoms with E-state index in [1.165, 1.54) is 77.7 Å². The minimum Gasteiger partial charge on any atom is -0.376 e. The van der Waals surface area contributed by atoms with Crippen molar-refractivity contribution in [1.29, 1.82) is 16.2 Å². The van der Waals surface area contributed by atoms with Gasteiger partial charge in [-0.25, -0.2) is 17.6 Å². The van der Waals surface area contributed by atoms with Crippen molar-refractivity contribution < 1.29 is 55.9 Å². The zero-order valence-corrected chi connectivity index (χ0v) is 86.9. The fraction of sp³-hybridized carbons (Fsp3) is 0.208. The molecule has 40 heteroatoms. The normalized spacial score (nSPS) is 12.3. The summed E-state index contributed by atoms with van der Waals surface area (Å²) in [6.45, 7) is 4.42. The first kappa shape index (κ1) is 110. The van der Waals surface area contributed by atoms with Gasteiger partial charge in [-0.15, -0.1) is 0 Å². The van der Waals surface area contributed by atoms with Crippen molar-refractivity contribution in [2.75, 3.05) is 179 Å². The van der Waals surface area contributed by atoms with Crippen LogP contribution in [0.2, 0.25) is 40.2 Å². The maximum Gasteiger partial charge on any atom is 0.258 e. The number of aliphatic imine (C=N–C) groups is 1. The van der Waals surface area contributed by atoms with Gasteiger partial charge in [0.1, 0.15) is 46.6 Å². The number of hydrogen-bond donors (Lipinski definition) is 11. The van der Waals surface area contributed by atoms with E-state index in [1.807, 2.05) is 21.7 Å². The molecule has 28 nitrogen and oxygen atoms in total. The first-order valence-corrected chi connectivity index (χ1v) is 48.4. The molecule has 0 aliphatic carbocycles. The van der Waals surface area contributed by atoms with E-state index in [0.717, 1.165) is 70.9 Å². The number of likely N-dealkylation sites (tertiary alicyclic amines) is 2. The number of amides is 8. The van der Waals surface area contributed by atoms with Gasteiger partial charge in [-0.05, 0) is 226 Å². The van der Waals surface area contributed by atoms with Gasteiger partial charge < -0.3 is 81.7 Å². The lowest BCUT2D eigenvalue weighted by atomic mass is 10.1. The lowest BCUT2D eigenvalue weighted by molar-refractivity contribution is 0.100. The number of nitrogens with zero attached hydrogens (tertiary/aromatic N) is 9. The molecule has 0 atom stereocenters. The molecule has 11 N–H and O–H groups in total. The van der Waals surface area contributed by atoms with Gasteiger partial charge in [-0.2, -0.15) is 0 Å².